The maximum absolute atomic E-state index is 10.8. The maximum Gasteiger partial charge on any atom is 0.326 e. The van der Waals surface area contributed by atoms with Crippen LogP contribution in [-0.2, 0) is 4.79 Å². The summed E-state index contributed by atoms with van der Waals surface area (Å²) in [5.41, 5.74) is -0.241. The molecule has 1 rings (SSSR count). The van der Waals surface area contributed by atoms with E-state index in [-0.39, 0.29) is 16.5 Å². The Kier molecular flexibility index (Phi) is 3.84. The zero-order chi connectivity index (χ0) is 13.2. The molecule has 0 aromatic carbocycles. The number of nitrogens with zero attached hydrogens (tertiary/aromatic N) is 3. The molecule has 0 spiro atoms. The minimum atomic E-state index is -1.04. The molecule has 1 aromatic heterocycles. The Morgan fingerprint density at radius 1 is 1.71 bits per heavy atom. The molecule has 0 saturated heterocycles. The Hall–Kier alpha value is -1.89. The molecule has 1 aromatic rings. The standard InChI is InChI=1S/C9H10ClN3O4/c1-5(9(14)15)12(2)8-7(10)3-6(4-11-8)13(16)17/h3-5H,1-2H3,(H,14,15). The van der Waals surface area contributed by atoms with Gasteiger partial charge in [-0.15, -0.1) is 0 Å². The Balaban J connectivity index is 3.08. The summed E-state index contributed by atoms with van der Waals surface area (Å²) in [4.78, 5) is 25.8. The minimum Gasteiger partial charge on any atom is -0.480 e. The molecule has 7 nitrogen and oxygen atoms in total. The highest BCUT2D eigenvalue weighted by molar-refractivity contribution is 6.33. The average Bonchev–Trinajstić information content (AvgIpc) is 2.26. The second-order valence-corrected chi connectivity index (χ2v) is 3.79. The molecule has 1 unspecified atom stereocenters. The van der Waals surface area contributed by atoms with E-state index in [0.29, 0.717) is 0 Å². The van der Waals surface area contributed by atoms with Gasteiger partial charge in [0.1, 0.15) is 18.1 Å². The van der Waals surface area contributed by atoms with E-state index >= 15 is 0 Å². The van der Waals surface area contributed by atoms with Crippen LogP contribution in [0.2, 0.25) is 5.02 Å². The number of rotatable bonds is 4. The van der Waals surface area contributed by atoms with Crippen molar-refractivity contribution in [3.63, 3.8) is 0 Å². The van der Waals surface area contributed by atoms with E-state index in [9.17, 15) is 14.9 Å². The highest BCUT2D eigenvalue weighted by Gasteiger charge is 2.21. The van der Waals surface area contributed by atoms with Crippen LogP contribution in [0.3, 0.4) is 0 Å². The first-order chi connectivity index (χ1) is 7.84. The van der Waals surface area contributed by atoms with Crippen LogP contribution in [-0.4, -0.2) is 34.1 Å². The van der Waals surface area contributed by atoms with Crippen LogP contribution in [0, 0.1) is 10.1 Å². The molecule has 1 heterocycles. The molecule has 0 aliphatic rings. The number of aliphatic carboxylic acids is 1. The summed E-state index contributed by atoms with van der Waals surface area (Å²) in [6, 6.07) is 0.302. The molecule has 0 radical (unpaired) electrons. The van der Waals surface area contributed by atoms with Crippen molar-refractivity contribution in [1.82, 2.24) is 4.98 Å². The van der Waals surface area contributed by atoms with E-state index in [1.165, 1.54) is 18.9 Å². The minimum absolute atomic E-state index is 0.0369. The van der Waals surface area contributed by atoms with Gasteiger partial charge in [-0.25, -0.2) is 9.78 Å². The molecule has 92 valence electrons. The number of anilines is 1. The predicted molar refractivity (Wildman–Crippen MR) is 61.4 cm³/mol. The lowest BCUT2D eigenvalue weighted by atomic mass is 10.3. The molecule has 0 aliphatic heterocycles. The van der Waals surface area contributed by atoms with Crippen LogP contribution in [0.4, 0.5) is 11.5 Å². The topological polar surface area (TPSA) is 96.6 Å². The third-order valence-corrected chi connectivity index (χ3v) is 2.57. The summed E-state index contributed by atoms with van der Waals surface area (Å²) in [5.74, 6) is -0.851. The molecule has 0 saturated carbocycles. The average molecular weight is 260 g/mol. The van der Waals surface area contributed by atoms with Gasteiger partial charge in [-0.3, -0.25) is 10.1 Å². The van der Waals surface area contributed by atoms with Crippen LogP contribution < -0.4 is 4.90 Å². The van der Waals surface area contributed by atoms with Crippen LogP contribution in [0.25, 0.3) is 0 Å². The summed E-state index contributed by atoms with van der Waals surface area (Å²) in [7, 11) is 1.50. The Bertz CT molecular complexity index is 466. The number of nitro groups is 1. The number of hydrogen-bond donors (Lipinski definition) is 1. The first kappa shape index (κ1) is 13.2. The number of likely N-dealkylation sites (N-methyl/N-ethyl adjacent to an activating group) is 1. The summed E-state index contributed by atoms with van der Waals surface area (Å²) in [5, 5.41) is 19.3. The lowest BCUT2D eigenvalue weighted by molar-refractivity contribution is -0.385. The molecular weight excluding hydrogens is 250 g/mol. The SMILES string of the molecule is CC(C(=O)O)N(C)c1ncc([N+](=O)[O-])cc1Cl. The van der Waals surface area contributed by atoms with Gasteiger partial charge in [0.05, 0.1) is 9.95 Å². The van der Waals surface area contributed by atoms with E-state index in [4.69, 9.17) is 16.7 Å². The van der Waals surface area contributed by atoms with E-state index in [1.54, 1.807) is 0 Å². The van der Waals surface area contributed by atoms with E-state index in [0.717, 1.165) is 12.3 Å². The zero-order valence-electron chi connectivity index (χ0n) is 9.12. The van der Waals surface area contributed by atoms with Crippen molar-refractivity contribution in [1.29, 1.82) is 0 Å². The van der Waals surface area contributed by atoms with Gasteiger partial charge in [0.25, 0.3) is 5.69 Å². The molecular formula is C9H10ClN3O4. The maximum atomic E-state index is 10.8. The number of pyridine rings is 1. The fourth-order valence-corrected chi connectivity index (χ4v) is 1.42. The number of carboxylic acids is 1. The van der Waals surface area contributed by atoms with Gasteiger partial charge >= 0.3 is 5.97 Å². The predicted octanol–water partition coefficient (Wildman–Crippen LogP) is 1.55. The van der Waals surface area contributed by atoms with Gasteiger partial charge in [0, 0.05) is 13.1 Å². The van der Waals surface area contributed by atoms with Crippen molar-refractivity contribution in [2.45, 2.75) is 13.0 Å². The van der Waals surface area contributed by atoms with Gasteiger partial charge < -0.3 is 10.0 Å². The summed E-state index contributed by atoms with van der Waals surface area (Å²) < 4.78 is 0. The van der Waals surface area contributed by atoms with Crippen molar-refractivity contribution < 1.29 is 14.8 Å². The third kappa shape index (κ3) is 2.82. The van der Waals surface area contributed by atoms with Gasteiger partial charge in [-0.05, 0) is 6.92 Å². The molecule has 0 bridgehead atoms. The fourth-order valence-electron chi connectivity index (χ4n) is 1.13. The lowest BCUT2D eigenvalue weighted by Crippen LogP contribution is -2.36. The van der Waals surface area contributed by atoms with Gasteiger partial charge in [0.15, 0.2) is 0 Å². The van der Waals surface area contributed by atoms with Crippen LogP contribution >= 0.6 is 11.6 Å². The number of aromatic nitrogens is 1. The first-order valence-corrected chi connectivity index (χ1v) is 4.98. The molecule has 0 amide bonds. The zero-order valence-corrected chi connectivity index (χ0v) is 9.88. The Labute approximate surface area is 102 Å². The van der Waals surface area contributed by atoms with Crippen molar-refractivity contribution in [2.24, 2.45) is 0 Å². The summed E-state index contributed by atoms with van der Waals surface area (Å²) in [6.07, 6.45) is 1.03. The van der Waals surface area contributed by atoms with Crippen molar-refractivity contribution >= 4 is 29.1 Å². The number of hydrogen-bond acceptors (Lipinski definition) is 5. The van der Waals surface area contributed by atoms with Gasteiger partial charge in [-0.1, -0.05) is 11.6 Å². The molecule has 0 aliphatic carbocycles. The lowest BCUT2D eigenvalue weighted by Gasteiger charge is -2.22. The normalized spacial score (nSPS) is 11.9. The Morgan fingerprint density at radius 3 is 2.71 bits per heavy atom. The smallest absolute Gasteiger partial charge is 0.326 e. The molecule has 8 heteroatoms. The molecule has 0 fully saturated rings. The summed E-state index contributed by atoms with van der Waals surface area (Å²) in [6.45, 7) is 1.46. The van der Waals surface area contributed by atoms with Gasteiger partial charge in [0.2, 0.25) is 0 Å². The van der Waals surface area contributed by atoms with Crippen molar-refractivity contribution in [3.05, 3.63) is 27.4 Å². The first-order valence-electron chi connectivity index (χ1n) is 4.60. The molecule has 1 N–H and O–H groups in total. The summed E-state index contributed by atoms with van der Waals surface area (Å²) >= 11 is 5.82. The van der Waals surface area contributed by atoms with Crippen molar-refractivity contribution in [2.75, 3.05) is 11.9 Å². The second-order valence-electron chi connectivity index (χ2n) is 3.38. The van der Waals surface area contributed by atoms with Gasteiger partial charge in [-0.2, -0.15) is 0 Å². The quantitative estimate of drug-likeness (QED) is 0.651. The second kappa shape index (κ2) is 4.96. The van der Waals surface area contributed by atoms with E-state index in [2.05, 4.69) is 4.98 Å². The third-order valence-electron chi connectivity index (χ3n) is 2.29. The Morgan fingerprint density at radius 2 is 2.29 bits per heavy atom. The van der Waals surface area contributed by atoms with Crippen molar-refractivity contribution in [3.8, 4) is 0 Å². The fraction of sp³-hybridized carbons (Fsp3) is 0.333. The van der Waals surface area contributed by atoms with Crippen LogP contribution in [0.1, 0.15) is 6.92 Å². The number of carboxylic acid groups (broad SMARTS) is 1. The highest BCUT2D eigenvalue weighted by Crippen LogP contribution is 2.27. The van der Waals surface area contributed by atoms with E-state index in [1.807, 2.05) is 0 Å². The number of carbonyl (C=O) groups is 1. The highest BCUT2D eigenvalue weighted by atomic mass is 35.5. The molecule has 1 atom stereocenters. The largest absolute Gasteiger partial charge is 0.480 e. The monoisotopic (exact) mass is 259 g/mol. The number of halogens is 1. The van der Waals surface area contributed by atoms with Crippen LogP contribution in [0.15, 0.2) is 12.3 Å². The van der Waals surface area contributed by atoms with E-state index < -0.39 is 16.9 Å². The molecule has 17 heavy (non-hydrogen) atoms. The van der Waals surface area contributed by atoms with Crippen LogP contribution in [0.5, 0.6) is 0 Å².